The summed E-state index contributed by atoms with van der Waals surface area (Å²) >= 11 is 1.60. The van der Waals surface area contributed by atoms with Crippen molar-refractivity contribution in [2.45, 2.75) is 19.8 Å². The Hall–Kier alpha value is -0.680. The van der Waals surface area contributed by atoms with Crippen LogP contribution in [0.15, 0.2) is 0 Å². The van der Waals surface area contributed by atoms with Gasteiger partial charge in [-0.1, -0.05) is 11.3 Å². The van der Waals surface area contributed by atoms with E-state index in [1.54, 1.807) is 11.3 Å². The van der Waals surface area contributed by atoms with Crippen molar-refractivity contribution in [1.82, 2.24) is 10.2 Å². The highest BCUT2D eigenvalue weighted by Gasteiger charge is 2.13. The van der Waals surface area contributed by atoms with E-state index < -0.39 is 0 Å². The van der Waals surface area contributed by atoms with Gasteiger partial charge in [0.05, 0.1) is 6.61 Å². The minimum Gasteiger partial charge on any atom is -0.381 e. The Morgan fingerprint density at radius 3 is 3.14 bits per heavy atom. The first-order valence-electron chi connectivity index (χ1n) is 4.96. The summed E-state index contributed by atoms with van der Waals surface area (Å²) in [5.74, 6) is 0.632. The summed E-state index contributed by atoms with van der Waals surface area (Å²) in [4.78, 5) is 0. The second kappa shape index (κ2) is 4.70. The molecule has 1 aliphatic heterocycles. The molecular weight excluding hydrogens is 198 g/mol. The summed E-state index contributed by atoms with van der Waals surface area (Å²) in [6, 6.07) is 0. The zero-order valence-corrected chi connectivity index (χ0v) is 9.14. The van der Waals surface area contributed by atoms with Crippen LogP contribution < -0.4 is 5.32 Å². The molecule has 14 heavy (non-hydrogen) atoms. The maximum Gasteiger partial charge on any atom is 0.205 e. The monoisotopic (exact) mass is 213 g/mol. The quantitative estimate of drug-likeness (QED) is 0.830. The van der Waals surface area contributed by atoms with Gasteiger partial charge in [0.15, 0.2) is 0 Å². The van der Waals surface area contributed by atoms with Crippen LogP contribution in [0.3, 0.4) is 0 Å². The lowest BCUT2D eigenvalue weighted by molar-refractivity contribution is 0.0595. The lowest BCUT2D eigenvalue weighted by atomic mass is 10.0. The third kappa shape index (κ3) is 2.65. The number of aryl methyl sites for hydroxylation is 1. The third-order valence-electron chi connectivity index (χ3n) is 2.32. The number of hydrogen-bond donors (Lipinski definition) is 1. The maximum atomic E-state index is 5.40. The van der Waals surface area contributed by atoms with Crippen molar-refractivity contribution < 1.29 is 4.74 Å². The van der Waals surface area contributed by atoms with Gasteiger partial charge in [0, 0.05) is 13.2 Å². The van der Waals surface area contributed by atoms with Gasteiger partial charge in [-0.05, 0) is 25.7 Å². The minimum atomic E-state index is 0.632. The van der Waals surface area contributed by atoms with Crippen LogP contribution in [0.1, 0.15) is 17.8 Å². The molecular formula is C9H15N3OS. The highest BCUT2D eigenvalue weighted by Crippen LogP contribution is 2.17. The molecule has 0 radical (unpaired) electrons. The standard InChI is InChI=1S/C9H15N3OS/c1-7-11-12-9(14-7)10-5-8-3-2-4-13-6-8/h8H,2-6H2,1H3,(H,10,12). The van der Waals surface area contributed by atoms with Crippen LogP contribution in [0.4, 0.5) is 5.13 Å². The van der Waals surface area contributed by atoms with E-state index in [0.29, 0.717) is 5.92 Å². The van der Waals surface area contributed by atoms with Gasteiger partial charge in [0.2, 0.25) is 5.13 Å². The van der Waals surface area contributed by atoms with Gasteiger partial charge in [-0.25, -0.2) is 0 Å². The fourth-order valence-corrected chi connectivity index (χ4v) is 2.17. The zero-order chi connectivity index (χ0) is 9.80. The van der Waals surface area contributed by atoms with Crippen molar-refractivity contribution in [3.63, 3.8) is 0 Å². The van der Waals surface area contributed by atoms with Gasteiger partial charge >= 0.3 is 0 Å². The Labute approximate surface area is 87.7 Å². The van der Waals surface area contributed by atoms with Crippen LogP contribution in [0.25, 0.3) is 0 Å². The molecule has 5 heteroatoms. The third-order valence-corrected chi connectivity index (χ3v) is 3.12. The van der Waals surface area contributed by atoms with Crippen molar-refractivity contribution in [3.8, 4) is 0 Å². The zero-order valence-electron chi connectivity index (χ0n) is 8.32. The number of aromatic nitrogens is 2. The van der Waals surface area contributed by atoms with Crippen LogP contribution in [-0.2, 0) is 4.74 Å². The number of anilines is 1. The molecule has 0 amide bonds. The molecule has 0 aliphatic carbocycles. The van der Waals surface area contributed by atoms with Gasteiger partial charge < -0.3 is 10.1 Å². The number of rotatable bonds is 3. The molecule has 2 heterocycles. The SMILES string of the molecule is Cc1nnc(NCC2CCCOC2)s1. The first-order chi connectivity index (χ1) is 6.84. The molecule has 1 N–H and O–H groups in total. The summed E-state index contributed by atoms with van der Waals surface area (Å²) in [6.45, 7) is 4.72. The molecule has 2 rings (SSSR count). The molecule has 4 nitrogen and oxygen atoms in total. The van der Waals surface area contributed by atoms with E-state index in [4.69, 9.17) is 4.74 Å². The van der Waals surface area contributed by atoms with Crippen molar-refractivity contribution in [3.05, 3.63) is 5.01 Å². The molecule has 78 valence electrons. The first-order valence-corrected chi connectivity index (χ1v) is 5.78. The van der Waals surface area contributed by atoms with Crippen molar-refractivity contribution >= 4 is 16.5 Å². The average molecular weight is 213 g/mol. The van der Waals surface area contributed by atoms with Crippen LogP contribution in [0.5, 0.6) is 0 Å². The van der Waals surface area contributed by atoms with Gasteiger partial charge in [0.1, 0.15) is 5.01 Å². The van der Waals surface area contributed by atoms with E-state index in [1.807, 2.05) is 6.92 Å². The van der Waals surface area contributed by atoms with Crippen LogP contribution in [0.2, 0.25) is 0 Å². The van der Waals surface area contributed by atoms with Gasteiger partial charge in [-0.2, -0.15) is 0 Å². The Balaban J connectivity index is 1.76. The van der Waals surface area contributed by atoms with E-state index in [2.05, 4.69) is 15.5 Å². The van der Waals surface area contributed by atoms with Crippen LogP contribution in [0, 0.1) is 12.8 Å². The van der Waals surface area contributed by atoms with Crippen LogP contribution in [-0.4, -0.2) is 30.0 Å². The second-order valence-electron chi connectivity index (χ2n) is 3.59. The lowest BCUT2D eigenvalue weighted by Gasteiger charge is -2.21. The molecule has 0 aromatic carbocycles. The Bertz CT molecular complexity index is 283. The highest BCUT2D eigenvalue weighted by atomic mass is 32.1. The van der Waals surface area contributed by atoms with Crippen molar-refractivity contribution in [2.75, 3.05) is 25.1 Å². The van der Waals surface area contributed by atoms with Crippen molar-refractivity contribution in [1.29, 1.82) is 0 Å². The number of nitrogens with one attached hydrogen (secondary N) is 1. The lowest BCUT2D eigenvalue weighted by Crippen LogP contribution is -2.24. The number of hydrogen-bond acceptors (Lipinski definition) is 5. The summed E-state index contributed by atoms with van der Waals surface area (Å²) < 4.78 is 5.40. The summed E-state index contributed by atoms with van der Waals surface area (Å²) in [5.41, 5.74) is 0. The van der Waals surface area contributed by atoms with E-state index in [9.17, 15) is 0 Å². The first kappa shape index (κ1) is 9.86. The fraction of sp³-hybridized carbons (Fsp3) is 0.778. The molecule has 1 atom stereocenters. The van der Waals surface area contributed by atoms with Gasteiger partial charge in [-0.15, -0.1) is 10.2 Å². The van der Waals surface area contributed by atoms with Gasteiger partial charge in [-0.3, -0.25) is 0 Å². The Morgan fingerprint density at radius 1 is 1.57 bits per heavy atom. The molecule has 1 unspecified atom stereocenters. The summed E-state index contributed by atoms with van der Waals surface area (Å²) in [5, 5.41) is 13.2. The largest absolute Gasteiger partial charge is 0.381 e. The van der Waals surface area contributed by atoms with E-state index in [1.165, 1.54) is 12.8 Å². The number of ether oxygens (including phenoxy) is 1. The molecule has 1 fully saturated rings. The molecule has 0 saturated carbocycles. The minimum absolute atomic E-state index is 0.632. The van der Waals surface area contributed by atoms with Crippen molar-refractivity contribution in [2.24, 2.45) is 5.92 Å². The number of nitrogens with zero attached hydrogens (tertiary/aromatic N) is 2. The second-order valence-corrected chi connectivity index (χ2v) is 4.77. The highest BCUT2D eigenvalue weighted by molar-refractivity contribution is 7.15. The van der Waals surface area contributed by atoms with E-state index in [0.717, 1.165) is 29.9 Å². The molecule has 0 spiro atoms. The molecule has 1 aromatic rings. The average Bonchev–Trinajstić information content (AvgIpc) is 2.63. The van der Waals surface area contributed by atoms with Gasteiger partial charge in [0.25, 0.3) is 0 Å². The topological polar surface area (TPSA) is 47.0 Å². The van der Waals surface area contributed by atoms with E-state index in [-0.39, 0.29) is 0 Å². The predicted octanol–water partition coefficient (Wildman–Crippen LogP) is 1.69. The fourth-order valence-electron chi connectivity index (χ4n) is 1.57. The predicted molar refractivity (Wildman–Crippen MR) is 56.7 cm³/mol. The smallest absolute Gasteiger partial charge is 0.205 e. The molecule has 1 saturated heterocycles. The molecule has 0 bridgehead atoms. The summed E-state index contributed by atoms with van der Waals surface area (Å²) in [6.07, 6.45) is 2.44. The van der Waals surface area contributed by atoms with Crippen LogP contribution >= 0.6 is 11.3 Å². The van der Waals surface area contributed by atoms with E-state index >= 15 is 0 Å². The Morgan fingerprint density at radius 2 is 2.50 bits per heavy atom. The molecule has 1 aromatic heterocycles. The summed E-state index contributed by atoms with van der Waals surface area (Å²) in [7, 11) is 0. The maximum absolute atomic E-state index is 5.40. The normalized spacial score (nSPS) is 22.2. The Kier molecular flexibility index (Phi) is 3.31. The molecule has 1 aliphatic rings.